The number of aromatic nitrogens is 6. The second-order valence-corrected chi connectivity index (χ2v) is 15.6. The topological polar surface area (TPSA) is 140 Å². The van der Waals surface area contributed by atoms with Gasteiger partial charge in [0.2, 0.25) is 11.8 Å². The summed E-state index contributed by atoms with van der Waals surface area (Å²) in [5.41, 5.74) is 5.50. The average Bonchev–Trinajstić information content (AvgIpc) is 3.91. The van der Waals surface area contributed by atoms with Gasteiger partial charge < -0.3 is 24.7 Å². The van der Waals surface area contributed by atoms with Gasteiger partial charge in [-0.25, -0.2) is 9.97 Å². The van der Waals surface area contributed by atoms with E-state index in [2.05, 4.69) is 10.2 Å². The third-order valence-electron chi connectivity index (χ3n) is 10.3. The van der Waals surface area contributed by atoms with E-state index in [4.69, 9.17) is 49.9 Å². The van der Waals surface area contributed by atoms with Crippen molar-refractivity contribution in [1.29, 1.82) is 0 Å². The first-order chi connectivity index (χ1) is 26.9. The molecule has 6 aromatic rings. The summed E-state index contributed by atoms with van der Waals surface area (Å²) in [5.74, 6) is 1.33. The lowest BCUT2D eigenvalue weighted by Gasteiger charge is -2.30. The minimum Gasteiger partial charge on any atom is -0.391 e. The van der Waals surface area contributed by atoms with E-state index in [0.29, 0.717) is 83.3 Å². The molecule has 2 amide bonds. The molecule has 1 aliphatic heterocycles. The highest BCUT2D eigenvalue weighted by atomic mass is 35.5. The Morgan fingerprint density at radius 2 is 1.54 bits per heavy atom. The van der Waals surface area contributed by atoms with Crippen LogP contribution in [-0.2, 0) is 16.1 Å². The van der Waals surface area contributed by atoms with Crippen LogP contribution in [0.25, 0.3) is 44.1 Å². The number of aromatic amines is 1. The number of H-pyrrole nitrogens is 1. The Morgan fingerprint density at radius 1 is 0.875 bits per heavy atom. The molecule has 56 heavy (non-hydrogen) atoms. The highest BCUT2D eigenvalue weighted by Crippen LogP contribution is 2.39. The minimum absolute atomic E-state index is 0.00404. The van der Waals surface area contributed by atoms with Crippen LogP contribution in [0.15, 0.2) is 61.2 Å². The zero-order valence-corrected chi connectivity index (χ0v) is 33.9. The average molecular weight is 818 g/mol. The van der Waals surface area contributed by atoms with E-state index in [9.17, 15) is 14.7 Å². The molecule has 13 nitrogen and oxygen atoms in total. The van der Waals surface area contributed by atoms with Crippen molar-refractivity contribution in [2.45, 2.75) is 38.3 Å². The number of piperidine rings is 1. The van der Waals surface area contributed by atoms with E-state index in [1.54, 1.807) is 42.4 Å². The number of nitrogens with zero attached hydrogens (tertiary/aromatic N) is 9. The van der Waals surface area contributed by atoms with Gasteiger partial charge in [0.05, 0.1) is 46.1 Å². The summed E-state index contributed by atoms with van der Waals surface area (Å²) in [5, 5.41) is 24.9. The predicted molar refractivity (Wildman–Crippen MR) is 223 cm³/mol. The molecule has 2 N–H and O–H groups in total. The van der Waals surface area contributed by atoms with Crippen LogP contribution in [0.1, 0.15) is 31.2 Å². The van der Waals surface area contributed by atoms with E-state index < -0.39 is 6.10 Å². The van der Waals surface area contributed by atoms with E-state index in [1.165, 1.54) is 0 Å². The molecule has 1 fully saturated rings. The molecule has 1 aliphatic rings. The molecule has 1 unspecified atom stereocenters. The lowest BCUT2D eigenvalue weighted by atomic mass is 10.0. The van der Waals surface area contributed by atoms with Crippen LogP contribution in [0.5, 0.6) is 0 Å². The molecule has 7 rings (SSSR count). The number of likely N-dealkylation sites (tertiary alicyclic amines) is 1. The summed E-state index contributed by atoms with van der Waals surface area (Å²) in [6.07, 6.45) is 8.97. The van der Waals surface area contributed by atoms with Crippen molar-refractivity contribution in [3.05, 3.63) is 81.8 Å². The van der Waals surface area contributed by atoms with E-state index >= 15 is 0 Å². The van der Waals surface area contributed by atoms with Gasteiger partial charge in [0, 0.05) is 112 Å². The maximum absolute atomic E-state index is 13.0. The monoisotopic (exact) mass is 816 g/mol. The Morgan fingerprint density at radius 3 is 2.21 bits per heavy atom. The number of carbonyl (C=O) groups is 2. The molecule has 1 saturated heterocycles. The molecule has 0 radical (unpaired) electrons. The van der Waals surface area contributed by atoms with Gasteiger partial charge in [-0.1, -0.05) is 46.9 Å². The number of halogens is 3. The Hall–Kier alpha value is -4.95. The number of aliphatic hydroxyl groups is 1. The number of carbonyl (C=O) groups excluding carboxylic acids is 2. The summed E-state index contributed by atoms with van der Waals surface area (Å²) >= 11 is 20.2. The third kappa shape index (κ3) is 8.27. The second-order valence-electron chi connectivity index (χ2n) is 14.4. The summed E-state index contributed by atoms with van der Waals surface area (Å²) in [6.45, 7) is 2.22. The standard InChI is InChI=1S/C40H43Cl3N10O3/c1-49(2)36(55)11-14-50(3)34-16-29(24-18-44-45-19-24)27-7-9-32(41)31(39(27)47-34)23-53-21-25(20-46-53)30-17-35(48-40-28(30)8-10-33(42)38(40)43)51(4)15-12-37(56)52-13-5-6-26(54)22-52/h7-10,16-21,26,54H,5-6,11-15,22-23H2,1-4H3,(H,44,45). The number of aliphatic hydroxyl groups excluding tert-OH is 1. The number of benzene rings is 2. The van der Waals surface area contributed by atoms with Gasteiger partial charge in [-0.3, -0.25) is 19.4 Å². The van der Waals surface area contributed by atoms with Gasteiger partial charge in [0.15, 0.2) is 0 Å². The first-order valence-corrected chi connectivity index (χ1v) is 19.5. The van der Waals surface area contributed by atoms with Gasteiger partial charge >= 0.3 is 0 Å². The van der Waals surface area contributed by atoms with Crippen molar-refractivity contribution < 1.29 is 14.7 Å². The van der Waals surface area contributed by atoms with Crippen LogP contribution in [0.4, 0.5) is 11.6 Å². The largest absolute Gasteiger partial charge is 0.391 e. The highest BCUT2D eigenvalue weighted by Gasteiger charge is 2.23. The van der Waals surface area contributed by atoms with Crippen molar-refractivity contribution in [3.63, 3.8) is 0 Å². The van der Waals surface area contributed by atoms with Crippen LogP contribution < -0.4 is 9.80 Å². The van der Waals surface area contributed by atoms with Gasteiger partial charge in [0.25, 0.3) is 0 Å². The van der Waals surface area contributed by atoms with Crippen molar-refractivity contribution in [2.75, 3.05) is 64.2 Å². The SMILES string of the molecule is CN(C)C(=O)CCN(C)c1cc(-c2cn[nH]c2)c2ccc(Cl)c(Cn3cc(-c4cc(N(C)CCC(=O)N5CCCC(O)C5)nc5c(Cl)c(Cl)ccc45)cn3)c2n1. The molecule has 5 heterocycles. The van der Waals surface area contributed by atoms with Crippen molar-refractivity contribution in [3.8, 4) is 22.3 Å². The third-order valence-corrected chi connectivity index (χ3v) is 11.4. The number of hydrogen-bond acceptors (Lipinski definition) is 9. The Labute approximate surface area is 339 Å². The number of fused-ring (bicyclic) bond motifs is 2. The lowest BCUT2D eigenvalue weighted by Crippen LogP contribution is -2.43. The Kier molecular flexibility index (Phi) is 11.7. The number of rotatable bonds is 12. The number of amides is 2. The molecular weight excluding hydrogens is 775 g/mol. The number of β-amino-alcohol motifs (C(OH)–C–C–N with tert-alkyl or cyclic N) is 1. The molecule has 0 saturated carbocycles. The van der Waals surface area contributed by atoms with Gasteiger partial charge in [-0.15, -0.1) is 0 Å². The molecule has 2 aromatic carbocycles. The van der Waals surface area contributed by atoms with E-state index in [1.807, 2.05) is 71.3 Å². The minimum atomic E-state index is -0.481. The van der Waals surface area contributed by atoms with Crippen molar-refractivity contribution in [1.82, 2.24) is 39.7 Å². The maximum atomic E-state index is 13.0. The predicted octanol–water partition coefficient (Wildman–Crippen LogP) is 6.77. The van der Waals surface area contributed by atoms with Crippen molar-refractivity contribution in [2.24, 2.45) is 0 Å². The molecule has 0 aliphatic carbocycles. The number of anilines is 2. The zero-order chi connectivity index (χ0) is 39.7. The van der Waals surface area contributed by atoms with Crippen LogP contribution in [0.2, 0.25) is 15.1 Å². The first-order valence-electron chi connectivity index (χ1n) is 18.4. The second kappa shape index (κ2) is 16.6. The molecule has 4 aromatic heterocycles. The summed E-state index contributed by atoms with van der Waals surface area (Å²) in [7, 11) is 7.30. The maximum Gasteiger partial charge on any atom is 0.224 e. The molecule has 16 heteroatoms. The zero-order valence-electron chi connectivity index (χ0n) is 31.6. The Bertz CT molecular complexity index is 2400. The summed E-state index contributed by atoms with van der Waals surface area (Å²) < 4.78 is 1.82. The number of nitrogens with one attached hydrogen (secondary N) is 1. The molecular formula is C40H43Cl3N10O3. The smallest absolute Gasteiger partial charge is 0.224 e. The van der Waals surface area contributed by atoms with Gasteiger partial charge in [0.1, 0.15) is 11.6 Å². The lowest BCUT2D eigenvalue weighted by molar-refractivity contribution is -0.134. The van der Waals surface area contributed by atoms with E-state index in [-0.39, 0.29) is 18.2 Å². The van der Waals surface area contributed by atoms with Crippen LogP contribution in [0.3, 0.4) is 0 Å². The van der Waals surface area contributed by atoms with Crippen LogP contribution in [-0.4, -0.2) is 117 Å². The summed E-state index contributed by atoms with van der Waals surface area (Å²) in [4.78, 5) is 42.7. The normalized spacial score (nSPS) is 14.4. The van der Waals surface area contributed by atoms with Crippen LogP contribution in [0, 0.1) is 0 Å². The fourth-order valence-corrected chi connectivity index (χ4v) is 7.59. The van der Waals surface area contributed by atoms with Crippen LogP contribution >= 0.6 is 34.8 Å². The van der Waals surface area contributed by atoms with Crippen molar-refractivity contribution >= 4 is 80.1 Å². The quantitative estimate of drug-likeness (QED) is 0.137. The number of hydrogen-bond donors (Lipinski definition) is 2. The summed E-state index contributed by atoms with van der Waals surface area (Å²) in [6, 6.07) is 11.5. The molecule has 1 atom stereocenters. The Balaban J connectivity index is 1.22. The first kappa shape index (κ1) is 39.3. The molecule has 292 valence electrons. The van der Waals surface area contributed by atoms with E-state index in [0.717, 1.165) is 45.0 Å². The molecule has 0 bridgehead atoms. The van der Waals surface area contributed by atoms with Gasteiger partial charge in [-0.2, -0.15) is 10.2 Å². The molecule has 0 spiro atoms. The fourth-order valence-electron chi connectivity index (χ4n) is 7.02. The highest BCUT2D eigenvalue weighted by molar-refractivity contribution is 6.45. The number of pyridine rings is 2. The van der Waals surface area contributed by atoms with Gasteiger partial charge in [-0.05, 0) is 48.2 Å². The fraction of sp³-hybridized carbons (Fsp3) is 0.350.